The molecule has 0 amide bonds. The molecule has 2 nitrogen and oxygen atoms in total. The normalized spacial score (nSPS) is 31.5. The van der Waals surface area contributed by atoms with E-state index in [1.807, 2.05) is 12.3 Å². The van der Waals surface area contributed by atoms with E-state index < -0.39 is 0 Å². The molecule has 100 valence electrons. The molecule has 2 N–H and O–H groups in total. The molecule has 2 heteroatoms. The highest BCUT2D eigenvalue weighted by molar-refractivity contribution is 5.79. The summed E-state index contributed by atoms with van der Waals surface area (Å²) in [6.07, 6.45) is 5.40. The lowest BCUT2D eigenvalue weighted by molar-refractivity contribution is 0.183. The van der Waals surface area contributed by atoms with Crippen LogP contribution in [0.1, 0.15) is 38.7 Å². The maximum absolute atomic E-state index is 6.71. The number of nitrogens with two attached hydrogens (primary N) is 1. The molecule has 0 radical (unpaired) electrons. The van der Waals surface area contributed by atoms with E-state index >= 15 is 0 Å². The van der Waals surface area contributed by atoms with Crippen molar-refractivity contribution in [2.75, 3.05) is 0 Å². The van der Waals surface area contributed by atoms with Crippen molar-refractivity contribution < 1.29 is 0 Å². The molecule has 1 aromatic heterocycles. The summed E-state index contributed by atoms with van der Waals surface area (Å²) in [4.78, 5) is 4.57. The van der Waals surface area contributed by atoms with Gasteiger partial charge in [-0.2, -0.15) is 0 Å². The summed E-state index contributed by atoms with van der Waals surface area (Å²) in [5.74, 6) is 1.39. The van der Waals surface area contributed by atoms with Crippen LogP contribution in [0.2, 0.25) is 0 Å². The van der Waals surface area contributed by atoms with Crippen LogP contribution >= 0.6 is 0 Å². The fourth-order valence-corrected chi connectivity index (χ4v) is 3.76. The van der Waals surface area contributed by atoms with Gasteiger partial charge in [-0.05, 0) is 48.8 Å². The Labute approximate surface area is 115 Å². The van der Waals surface area contributed by atoms with Gasteiger partial charge < -0.3 is 5.73 Å². The van der Waals surface area contributed by atoms with Gasteiger partial charge in [0.15, 0.2) is 0 Å². The highest BCUT2D eigenvalue weighted by atomic mass is 14.8. The molecule has 2 unspecified atom stereocenters. The van der Waals surface area contributed by atoms with Gasteiger partial charge in [0.2, 0.25) is 0 Å². The molecule has 0 bridgehead atoms. The Balaban J connectivity index is 2.02. The fourth-order valence-electron chi connectivity index (χ4n) is 3.76. The molecule has 1 aliphatic rings. The van der Waals surface area contributed by atoms with Gasteiger partial charge in [0.05, 0.1) is 5.52 Å². The number of nitrogens with zero attached hydrogens (tertiary/aromatic N) is 1. The molecule has 1 saturated carbocycles. The number of hydrogen-bond donors (Lipinski definition) is 1. The topological polar surface area (TPSA) is 38.9 Å². The highest BCUT2D eigenvalue weighted by Gasteiger charge is 2.36. The maximum atomic E-state index is 6.71. The second kappa shape index (κ2) is 4.61. The van der Waals surface area contributed by atoms with E-state index in [-0.39, 0.29) is 5.54 Å². The Bertz CT molecular complexity index is 581. The van der Waals surface area contributed by atoms with E-state index in [1.54, 1.807) is 0 Å². The van der Waals surface area contributed by atoms with Crippen LogP contribution in [0.15, 0.2) is 36.5 Å². The summed E-state index contributed by atoms with van der Waals surface area (Å²) in [6, 6.07) is 10.5. The molecule has 19 heavy (non-hydrogen) atoms. The van der Waals surface area contributed by atoms with Gasteiger partial charge in [-0.15, -0.1) is 0 Å². The number of pyridine rings is 1. The predicted octanol–water partition coefficient (Wildman–Crippen LogP) is 3.84. The van der Waals surface area contributed by atoms with Crippen LogP contribution in [0.3, 0.4) is 0 Å². The monoisotopic (exact) mass is 254 g/mol. The van der Waals surface area contributed by atoms with Crippen LogP contribution in [-0.2, 0) is 5.54 Å². The molecule has 0 aliphatic heterocycles. The summed E-state index contributed by atoms with van der Waals surface area (Å²) in [5.41, 5.74) is 8.76. The highest BCUT2D eigenvalue weighted by Crippen LogP contribution is 2.40. The van der Waals surface area contributed by atoms with Gasteiger partial charge in [0.25, 0.3) is 0 Å². The number of benzene rings is 1. The molecule has 2 aromatic rings. The minimum atomic E-state index is -0.200. The minimum absolute atomic E-state index is 0.200. The Morgan fingerprint density at radius 2 is 1.84 bits per heavy atom. The number of para-hydroxylation sites is 1. The lowest BCUT2D eigenvalue weighted by Gasteiger charge is -2.40. The van der Waals surface area contributed by atoms with Crippen molar-refractivity contribution in [2.45, 2.75) is 38.6 Å². The van der Waals surface area contributed by atoms with Crippen LogP contribution in [0.25, 0.3) is 10.9 Å². The zero-order valence-electron chi connectivity index (χ0n) is 11.8. The van der Waals surface area contributed by atoms with Crippen LogP contribution < -0.4 is 5.73 Å². The van der Waals surface area contributed by atoms with Crippen molar-refractivity contribution in [3.8, 4) is 0 Å². The van der Waals surface area contributed by atoms with E-state index in [0.29, 0.717) is 11.8 Å². The molecule has 1 aliphatic carbocycles. The quantitative estimate of drug-likeness (QED) is 0.839. The lowest BCUT2D eigenvalue weighted by Crippen LogP contribution is -2.43. The first-order valence-electron chi connectivity index (χ1n) is 7.21. The molecule has 1 aromatic carbocycles. The van der Waals surface area contributed by atoms with Crippen LogP contribution in [0.4, 0.5) is 0 Å². The summed E-state index contributed by atoms with van der Waals surface area (Å²) >= 11 is 0. The molecule has 1 heterocycles. The van der Waals surface area contributed by atoms with E-state index in [1.165, 1.54) is 17.4 Å². The zero-order valence-corrected chi connectivity index (χ0v) is 11.8. The third-order valence-corrected chi connectivity index (χ3v) is 4.40. The molecular weight excluding hydrogens is 232 g/mol. The summed E-state index contributed by atoms with van der Waals surface area (Å²) in [5, 5.41) is 1.19. The molecule has 0 saturated heterocycles. The van der Waals surface area contributed by atoms with E-state index in [2.05, 4.69) is 43.1 Å². The first-order chi connectivity index (χ1) is 9.07. The van der Waals surface area contributed by atoms with E-state index in [9.17, 15) is 0 Å². The van der Waals surface area contributed by atoms with Crippen LogP contribution in [0.5, 0.6) is 0 Å². The molecule has 3 rings (SSSR count). The fraction of sp³-hybridized carbons (Fsp3) is 0.471. The number of aromatic nitrogens is 1. The third kappa shape index (κ3) is 2.37. The SMILES string of the molecule is CC1CC(C)CC(N)(c2cnc3ccccc3c2)C1. The minimum Gasteiger partial charge on any atom is -0.321 e. The molecule has 2 atom stereocenters. The van der Waals surface area contributed by atoms with Crippen molar-refractivity contribution in [2.24, 2.45) is 17.6 Å². The summed E-state index contributed by atoms with van der Waals surface area (Å²) in [6.45, 7) is 4.62. The zero-order chi connectivity index (χ0) is 13.5. The first kappa shape index (κ1) is 12.6. The number of hydrogen-bond acceptors (Lipinski definition) is 2. The van der Waals surface area contributed by atoms with Gasteiger partial charge in [-0.25, -0.2) is 0 Å². The smallest absolute Gasteiger partial charge is 0.0702 e. The van der Waals surface area contributed by atoms with Crippen molar-refractivity contribution >= 4 is 10.9 Å². The summed E-state index contributed by atoms with van der Waals surface area (Å²) < 4.78 is 0. The molecule has 0 spiro atoms. The maximum Gasteiger partial charge on any atom is 0.0702 e. The van der Waals surface area contributed by atoms with Crippen LogP contribution in [-0.4, -0.2) is 4.98 Å². The second-order valence-electron chi connectivity index (χ2n) is 6.43. The largest absolute Gasteiger partial charge is 0.321 e. The molecular formula is C17H22N2. The van der Waals surface area contributed by atoms with Gasteiger partial charge in [0, 0.05) is 17.1 Å². The molecule has 1 fully saturated rings. The third-order valence-electron chi connectivity index (χ3n) is 4.40. The number of fused-ring (bicyclic) bond motifs is 1. The van der Waals surface area contributed by atoms with Gasteiger partial charge in [-0.1, -0.05) is 32.0 Å². The Hall–Kier alpha value is -1.41. The van der Waals surface area contributed by atoms with Crippen LogP contribution in [0, 0.1) is 11.8 Å². The van der Waals surface area contributed by atoms with Crippen molar-refractivity contribution in [1.82, 2.24) is 4.98 Å². The first-order valence-corrected chi connectivity index (χ1v) is 7.21. The lowest BCUT2D eigenvalue weighted by atomic mass is 9.69. The Morgan fingerprint density at radius 3 is 2.58 bits per heavy atom. The Kier molecular flexibility index (Phi) is 3.06. The standard InChI is InChI=1S/C17H22N2/c1-12-7-13(2)10-17(18,9-12)15-8-14-5-3-4-6-16(14)19-11-15/h3-6,8,11-13H,7,9-10,18H2,1-2H3. The summed E-state index contributed by atoms with van der Waals surface area (Å²) in [7, 11) is 0. The second-order valence-corrected chi connectivity index (χ2v) is 6.43. The Morgan fingerprint density at radius 1 is 1.16 bits per heavy atom. The van der Waals surface area contributed by atoms with Gasteiger partial charge in [0.1, 0.15) is 0 Å². The van der Waals surface area contributed by atoms with Crippen molar-refractivity contribution in [1.29, 1.82) is 0 Å². The van der Waals surface area contributed by atoms with Crippen molar-refractivity contribution in [3.63, 3.8) is 0 Å². The van der Waals surface area contributed by atoms with Gasteiger partial charge in [-0.3, -0.25) is 4.98 Å². The van der Waals surface area contributed by atoms with Gasteiger partial charge >= 0.3 is 0 Å². The predicted molar refractivity (Wildman–Crippen MR) is 79.8 cm³/mol. The van der Waals surface area contributed by atoms with Crippen molar-refractivity contribution in [3.05, 3.63) is 42.1 Å². The number of rotatable bonds is 1. The van der Waals surface area contributed by atoms with E-state index in [4.69, 9.17) is 5.73 Å². The average Bonchev–Trinajstić information content (AvgIpc) is 2.36. The average molecular weight is 254 g/mol. The van der Waals surface area contributed by atoms with E-state index in [0.717, 1.165) is 18.4 Å².